The first-order valence-electron chi connectivity index (χ1n) is 8.60. The monoisotopic (exact) mass is 397 g/mol. The van der Waals surface area contributed by atoms with Crippen molar-refractivity contribution in [3.05, 3.63) is 84.4 Å². The Morgan fingerprint density at radius 2 is 1.68 bits per heavy atom. The fourth-order valence-electron chi connectivity index (χ4n) is 2.60. The third-order valence-corrected chi connectivity index (χ3v) is 5.90. The molecule has 1 heterocycles. The molecular formula is C20H19N3O4S. The largest absolute Gasteiger partial charge is 0.462 e. The summed E-state index contributed by atoms with van der Waals surface area (Å²) in [4.78, 5) is 19.8. The number of nitrogens with one attached hydrogen (secondary N) is 1. The normalized spacial score (nSPS) is 12.2. The molecule has 3 aromatic rings. The van der Waals surface area contributed by atoms with Crippen molar-refractivity contribution >= 4 is 21.5 Å². The van der Waals surface area contributed by atoms with Crippen LogP contribution < -0.4 is 5.32 Å². The molecule has 0 bridgehead atoms. The van der Waals surface area contributed by atoms with Gasteiger partial charge in [-0.2, -0.15) is 0 Å². The maximum Gasteiger partial charge on any atom is 0.338 e. The number of nitrogens with zero attached hydrogens (tertiary/aromatic N) is 2. The summed E-state index contributed by atoms with van der Waals surface area (Å²) in [6.45, 7) is 2.01. The molecule has 28 heavy (non-hydrogen) atoms. The Balaban J connectivity index is 1.94. The van der Waals surface area contributed by atoms with Gasteiger partial charge in [0, 0.05) is 23.6 Å². The van der Waals surface area contributed by atoms with E-state index in [9.17, 15) is 13.2 Å². The standard InChI is InChI=1S/C20H19N3O4S/c1-2-27-20(24)15-8-10-17(11-9-15)23-19(16-12-21-14-22-13-16)28(25,26)18-6-4-3-5-7-18/h3-14,19,23H,2H2,1H3. The smallest absolute Gasteiger partial charge is 0.338 e. The van der Waals surface area contributed by atoms with Gasteiger partial charge in [0.2, 0.25) is 9.84 Å². The highest BCUT2D eigenvalue weighted by molar-refractivity contribution is 7.91. The van der Waals surface area contributed by atoms with Gasteiger partial charge in [0.05, 0.1) is 17.1 Å². The van der Waals surface area contributed by atoms with Gasteiger partial charge < -0.3 is 10.1 Å². The van der Waals surface area contributed by atoms with Crippen LogP contribution >= 0.6 is 0 Å². The first kappa shape index (κ1) is 19.5. The zero-order valence-corrected chi connectivity index (χ0v) is 16.0. The van der Waals surface area contributed by atoms with Gasteiger partial charge in [-0.1, -0.05) is 18.2 Å². The molecule has 0 saturated carbocycles. The Hall–Kier alpha value is -3.26. The van der Waals surface area contributed by atoms with Crippen molar-refractivity contribution in [2.45, 2.75) is 17.2 Å². The van der Waals surface area contributed by atoms with Crippen LogP contribution in [0.25, 0.3) is 0 Å². The Labute approximate surface area is 163 Å². The molecule has 0 spiro atoms. The Morgan fingerprint density at radius 3 is 2.29 bits per heavy atom. The highest BCUT2D eigenvalue weighted by atomic mass is 32.2. The van der Waals surface area contributed by atoms with Gasteiger partial charge in [-0.15, -0.1) is 0 Å². The number of carbonyl (C=O) groups excluding carboxylic acids is 1. The summed E-state index contributed by atoms with van der Waals surface area (Å²) >= 11 is 0. The second-order valence-corrected chi connectivity index (χ2v) is 7.88. The van der Waals surface area contributed by atoms with E-state index in [2.05, 4.69) is 15.3 Å². The summed E-state index contributed by atoms with van der Waals surface area (Å²) in [6, 6.07) is 14.6. The molecule has 0 aliphatic rings. The van der Waals surface area contributed by atoms with Crippen LogP contribution in [0, 0.1) is 0 Å². The molecule has 1 unspecified atom stereocenters. The number of rotatable bonds is 7. The molecule has 1 atom stereocenters. The number of carbonyl (C=O) groups is 1. The van der Waals surface area contributed by atoms with E-state index in [0.717, 1.165) is 0 Å². The summed E-state index contributed by atoms with van der Waals surface area (Å²) in [5.74, 6) is -0.432. The molecule has 0 fully saturated rings. The second-order valence-electron chi connectivity index (χ2n) is 5.85. The van der Waals surface area contributed by atoms with E-state index in [0.29, 0.717) is 16.8 Å². The van der Waals surface area contributed by atoms with Crippen molar-refractivity contribution < 1.29 is 17.9 Å². The van der Waals surface area contributed by atoms with E-state index >= 15 is 0 Å². The van der Waals surface area contributed by atoms with Crippen molar-refractivity contribution in [2.24, 2.45) is 0 Å². The van der Waals surface area contributed by atoms with Crippen molar-refractivity contribution in [1.82, 2.24) is 9.97 Å². The molecule has 0 aliphatic heterocycles. The van der Waals surface area contributed by atoms with Crippen LogP contribution in [-0.4, -0.2) is 31.0 Å². The van der Waals surface area contributed by atoms with Gasteiger partial charge in [0.15, 0.2) is 5.37 Å². The maximum absolute atomic E-state index is 13.2. The summed E-state index contributed by atoms with van der Waals surface area (Å²) in [5.41, 5.74) is 1.32. The van der Waals surface area contributed by atoms with Crippen molar-refractivity contribution in [3.8, 4) is 0 Å². The summed E-state index contributed by atoms with van der Waals surface area (Å²) in [7, 11) is -3.77. The van der Waals surface area contributed by atoms with Gasteiger partial charge >= 0.3 is 5.97 Å². The number of ether oxygens (including phenoxy) is 1. The van der Waals surface area contributed by atoms with E-state index < -0.39 is 21.2 Å². The van der Waals surface area contributed by atoms with E-state index in [1.54, 1.807) is 49.4 Å². The van der Waals surface area contributed by atoms with Crippen LogP contribution in [0.15, 0.2) is 78.2 Å². The molecule has 2 aromatic carbocycles. The first-order valence-corrected chi connectivity index (χ1v) is 10.1. The number of aromatic nitrogens is 2. The second kappa shape index (κ2) is 8.62. The van der Waals surface area contributed by atoms with Crippen LogP contribution in [0.2, 0.25) is 0 Å². The van der Waals surface area contributed by atoms with E-state index in [-0.39, 0.29) is 11.5 Å². The average molecular weight is 397 g/mol. The third kappa shape index (κ3) is 4.34. The lowest BCUT2D eigenvalue weighted by atomic mass is 10.2. The quantitative estimate of drug-likeness (QED) is 0.611. The van der Waals surface area contributed by atoms with Crippen LogP contribution in [0.4, 0.5) is 5.69 Å². The molecule has 7 nitrogen and oxygen atoms in total. The fraction of sp³-hybridized carbons (Fsp3) is 0.150. The van der Waals surface area contributed by atoms with Gasteiger partial charge in [-0.25, -0.2) is 23.2 Å². The summed E-state index contributed by atoms with van der Waals surface area (Å²) in [5, 5.41) is 1.92. The Morgan fingerprint density at radius 1 is 1.04 bits per heavy atom. The SMILES string of the molecule is CCOC(=O)c1ccc(NC(c2cncnc2)S(=O)(=O)c2ccccc2)cc1. The van der Waals surface area contributed by atoms with Gasteiger partial charge in [-0.3, -0.25) is 0 Å². The highest BCUT2D eigenvalue weighted by Crippen LogP contribution is 2.29. The number of hydrogen-bond donors (Lipinski definition) is 1. The maximum atomic E-state index is 13.2. The number of hydrogen-bond acceptors (Lipinski definition) is 7. The topological polar surface area (TPSA) is 98.2 Å². The van der Waals surface area contributed by atoms with Gasteiger partial charge in [-0.05, 0) is 43.3 Å². The van der Waals surface area contributed by atoms with E-state index in [1.165, 1.54) is 30.9 Å². The summed E-state index contributed by atoms with van der Waals surface area (Å²) in [6.07, 6.45) is 4.25. The van der Waals surface area contributed by atoms with Crippen molar-refractivity contribution in [1.29, 1.82) is 0 Å². The van der Waals surface area contributed by atoms with Gasteiger partial charge in [0.1, 0.15) is 6.33 Å². The van der Waals surface area contributed by atoms with Crippen molar-refractivity contribution in [3.63, 3.8) is 0 Å². The van der Waals surface area contributed by atoms with Crippen LogP contribution in [0.3, 0.4) is 0 Å². The lowest BCUT2D eigenvalue weighted by Crippen LogP contribution is -2.22. The highest BCUT2D eigenvalue weighted by Gasteiger charge is 2.29. The predicted octanol–water partition coefficient (Wildman–Crippen LogP) is 3.24. The Bertz CT molecular complexity index is 1020. The fourth-order valence-corrected chi connectivity index (χ4v) is 4.18. The molecule has 1 N–H and O–H groups in total. The molecule has 3 rings (SSSR count). The van der Waals surface area contributed by atoms with Crippen molar-refractivity contribution in [2.75, 3.05) is 11.9 Å². The molecular weight excluding hydrogens is 378 g/mol. The van der Waals surface area contributed by atoms with Crippen LogP contribution in [0.1, 0.15) is 28.2 Å². The lowest BCUT2D eigenvalue weighted by Gasteiger charge is -2.20. The average Bonchev–Trinajstić information content (AvgIpc) is 2.74. The predicted molar refractivity (Wildman–Crippen MR) is 104 cm³/mol. The van der Waals surface area contributed by atoms with E-state index in [4.69, 9.17) is 4.74 Å². The third-order valence-electron chi connectivity index (χ3n) is 3.96. The lowest BCUT2D eigenvalue weighted by molar-refractivity contribution is 0.0526. The van der Waals surface area contributed by atoms with Gasteiger partial charge in [0.25, 0.3) is 0 Å². The molecule has 0 amide bonds. The molecule has 1 aromatic heterocycles. The number of benzene rings is 2. The molecule has 0 saturated heterocycles. The minimum Gasteiger partial charge on any atom is -0.462 e. The molecule has 144 valence electrons. The first-order chi connectivity index (χ1) is 13.5. The van der Waals surface area contributed by atoms with E-state index in [1.807, 2.05) is 0 Å². The zero-order valence-electron chi connectivity index (χ0n) is 15.1. The molecule has 0 aliphatic carbocycles. The number of esters is 1. The Kier molecular flexibility index (Phi) is 6.00. The minimum absolute atomic E-state index is 0.180. The molecule has 0 radical (unpaired) electrons. The molecule has 8 heteroatoms. The minimum atomic E-state index is -3.77. The zero-order chi connectivity index (χ0) is 20.0. The number of anilines is 1. The summed E-state index contributed by atoms with van der Waals surface area (Å²) < 4.78 is 31.4. The van der Waals surface area contributed by atoms with Crippen LogP contribution in [0.5, 0.6) is 0 Å². The van der Waals surface area contributed by atoms with Crippen LogP contribution in [-0.2, 0) is 14.6 Å². The number of sulfone groups is 1.